The Bertz CT molecular complexity index is 765. The molecule has 0 bridgehead atoms. The fourth-order valence-corrected chi connectivity index (χ4v) is 1.97. The minimum Gasteiger partial charge on any atom is -0.477 e. The van der Waals surface area contributed by atoms with Gasteiger partial charge < -0.3 is 10.1 Å². The van der Waals surface area contributed by atoms with Crippen LogP contribution in [0.3, 0.4) is 0 Å². The number of H-pyrrole nitrogens is 1. The van der Waals surface area contributed by atoms with Gasteiger partial charge in [-0.1, -0.05) is 0 Å². The summed E-state index contributed by atoms with van der Waals surface area (Å²) in [5, 5.41) is 9.72. The van der Waals surface area contributed by atoms with Crippen molar-refractivity contribution in [2.75, 3.05) is 0 Å². The van der Waals surface area contributed by atoms with Gasteiger partial charge in [0.25, 0.3) is 0 Å². The zero-order chi connectivity index (χ0) is 13.4. The number of hydrogen-bond acceptors (Lipinski definition) is 4. The number of rotatable bonds is 2. The average Bonchev–Trinajstić information content (AvgIpc) is 2.82. The van der Waals surface area contributed by atoms with E-state index in [0.717, 1.165) is 5.56 Å². The molecule has 0 saturated carbocycles. The van der Waals surface area contributed by atoms with E-state index in [-0.39, 0.29) is 5.69 Å². The van der Waals surface area contributed by atoms with Crippen LogP contribution in [0.2, 0.25) is 0 Å². The number of fused-ring (bicyclic) bond motifs is 1. The van der Waals surface area contributed by atoms with E-state index in [1.807, 2.05) is 12.1 Å². The third-order valence-corrected chi connectivity index (χ3v) is 2.78. The van der Waals surface area contributed by atoms with Crippen LogP contribution in [0.15, 0.2) is 30.6 Å². The largest absolute Gasteiger partial charge is 0.477 e. The van der Waals surface area contributed by atoms with Gasteiger partial charge in [-0.05, 0) is 25.1 Å². The molecule has 2 N–H and O–H groups in total. The molecule has 3 aromatic rings. The minimum absolute atomic E-state index is 0.102. The van der Waals surface area contributed by atoms with Crippen LogP contribution in [0, 0.1) is 6.92 Å². The molecular weight excluding hydrogens is 244 g/mol. The topological polar surface area (TPSA) is 91.8 Å². The molecule has 0 spiro atoms. The number of aromatic nitrogens is 4. The summed E-state index contributed by atoms with van der Waals surface area (Å²) in [6.45, 7) is 1.77. The number of pyridine rings is 1. The van der Waals surface area contributed by atoms with Crippen molar-refractivity contribution in [3.05, 3.63) is 42.1 Å². The van der Waals surface area contributed by atoms with Gasteiger partial charge in [-0.25, -0.2) is 14.8 Å². The van der Waals surface area contributed by atoms with Crippen molar-refractivity contribution in [2.24, 2.45) is 0 Å². The molecule has 3 aromatic heterocycles. The maximum absolute atomic E-state index is 11.0. The molecule has 0 unspecified atom stereocenters. The Morgan fingerprint density at radius 3 is 2.68 bits per heavy atom. The molecule has 3 rings (SSSR count). The molecule has 0 amide bonds. The van der Waals surface area contributed by atoms with Gasteiger partial charge in [-0.15, -0.1) is 0 Å². The summed E-state index contributed by atoms with van der Waals surface area (Å²) in [5.74, 6) is -0.436. The van der Waals surface area contributed by atoms with Crippen molar-refractivity contribution in [1.82, 2.24) is 19.9 Å². The van der Waals surface area contributed by atoms with Gasteiger partial charge >= 0.3 is 5.97 Å². The molecule has 6 nitrogen and oxygen atoms in total. The number of aryl methyl sites for hydroxylation is 1. The summed E-state index contributed by atoms with van der Waals surface area (Å²) in [6, 6.07) is 5.20. The van der Waals surface area contributed by atoms with Crippen LogP contribution >= 0.6 is 0 Å². The smallest absolute Gasteiger partial charge is 0.352 e. The third kappa shape index (κ3) is 1.93. The molecule has 19 heavy (non-hydrogen) atoms. The molecule has 94 valence electrons. The van der Waals surface area contributed by atoms with Gasteiger partial charge in [0.05, 0.1) is 5.69 Å². The van der Waals surface area contributed by atoms with Crippen molar-refractivity contribution in [3.8, 4) is 11.3 Å². The van der Waals surface area contributed by atoms with Gasteiger partial charge in [-0.2, -0.15) is 0 Å². The number of nitrogens with zero attached hydrogens (tertiary/aromatic N) is 3. The summed E-state index contributed by atoms with van der Waals surface area (Å²) < 4.78 is 0. The summed E-state index contributed by atoms with van der Waals surface area (Å²) in [7, 11) is 0. The Morgan fingerprint density at radius 2 is 2.00 bits per heavy atom. The van der Waals surface area contributed by atoms with Crippen LogP contribution in [-0.2, 0) is 0 Å². The van der Waals surface area contributed by atoms with E-state index in [1.165, 1.54) is 0 Å². The first-order valence-corrected chi connectivity index (χ1v) is 5.66. The summed E-state index contributed by atoms with van der Waals surface area (Å²) >= 11 is 0. The molecule has 0 saturated heterocycles. The Morgan fingerprint density at radius 1 is 1.26 bits per heavy atom. The van der Waals surface area contributed by atoms with Crippen LogP contribution in [0.4, 0.5) is 0 Å². The quantitative estimate of drug-likeness (QED) is 0.730. The third-order valence-electron chi connectivity index (χ3n) is 2.78. The van der Waals surface area contributed by atoms with Crippen molar-refractivity contribution in [3.63, 3.8) is 0 Å². The molecule has 0 aliphatic carbocycles. The average molecular weight is 254 g/mol. The first-order valence-electron chi connectivity index (χ1n) is 5.66. The van der Waals surface area contributed by atoms with Crippen LogP contribution in [-0.4, -0.2) is 31.0 Å². The van der Waals surface area contributed by atoms with Crippen molar-refractivity contribution < 1.29 is 9.90 Å². The van der Waals surface area contributed by atoms with Gasteiger partial charge in [0.1, 0.15) is 17.2 Å². The Hall–Kier alpha value is -2.76. The fraction of sp³-hybridized carbons (Fsp3) is 0.0769. The fourth-order valence-electron chi connectivity index (χ4n) is 1.97. The monoisotopic (exact) mass is 254 g/mol. The molecule has 0 fully saturated rings. The number of carboxylic acids is 1. The maximum Gasteiger partial charge on any atom is 0.352 e. The van der Waals surface area contributed by atoms with E-state index in [0.29, 0.717) is 22.6 Å². The van der Waals surface area contributed by atoms with Crippen molar-refractivity contribution >= 4 is 17.0 Å². The second-order valence-corrected chi connectivity index (χ2v) is 4.11. The molecule has 0 aliphatic rings. The second kappa shape index (κ2) is 4.16. The van der Waals surface area contributed by atoms with E-state index in [9.17, 15) is 4.79 Å². The molecule has 0 aliphatic heterocycles. The Kier molecular flexibility index (Phi) is 2.49. The lowest BCUT2D eigenvalue weighted by atomic mass is 10.1. The zero-order valence-corrected chi connectivity index (χ0v) is 10.1. The normalized spacial score (nSPS) is 10.8. The van der Waals surface area contributed by atoms with E-state index >= 15 is 0 Å². The van der Waals surface area contributed by atoms with Gasteiger partial charge in [0.15, 0.2) is 0 Å². The Labute approximate surface area is 108 Å². The van der Waals surface area contributed by atoms with E-state index in [1.54, 1.807) is 25.4 Å². The highest BCUT2D eigenvalue weighted by Crippen LogP contribution is 2.26. The molecule has 0 radical (unpaired) electrons. The lowest BCUT2D eigenvalue weighted by Crippen LogP contribution is -1.95. The second-order valence-electron chi connectivity index (χ2n) is 4.11. The molecular formula is C13H10N4O2. The standard InChI is InChI=1S/C13H10N4O2/c1-7-15-11(8-2-4-14-5-3-8)9-6-10(13(18)19)17-12(9)16-7/h2-6H,1H3,(H,18,19)(H,15,16,17). The van der Waals surface area contributed by atoms with E-state index < -0.39 is 5.97 Å². The lowest BCUT2D eigenvalue weighted by Gasteiger charge is -2.03. The van der Waals surface area contributed by atoms with Gasteiger partial charge in [0, 0.05) is 23.3 Å². The highest BCUT2D eigenvalue weighted by atomic mass is 16.4. The minimum atomic E-state index is -1.02. The first kappa shape index (κ1) is 11.3. The number of carbonyl (C=O) groups is 1. The predicted octanol–water partition coefficient (Wildman–Crippen LogP) is 2.03. The number of aromatic amines is 1. The van der Waals surface area contributed by atoms with Crippen LogP contribution in [0.25, 0.3) is 22.3 Å². The zero-order valence-electron chi connectivity index (χ0n) is 10.1. The van der Waals surface area contributed by atoms with Crippen molar-refractivity contribution in [2.45, 2.75) is 6.92 Å². The first-order chi connectivity index (χ1) is 9.15. The summed E-state index contributed by atoms with van der Waals surface area (Å²) in [4.78, 5) is 26.4. The van der Waals surface area contributed by atoms with Crippen LogP contribution in [0.1, 0.15) is 16.3 Å². The van der Waals surface area contributed by atoms with E-state index in [2.05, 4.69) is 19.9 Å². The number of carboxylic acid groups (broad SMARTS) is 1. The molecule has 6 heteroatoms. The van der Waals surface area contributed by atoms with E-state index in [4.69, 9.17) is 5.11 Å². The number of nitrogens with one attached hydrogen (secondary N) is 1. The van der Waals surface area contributed by atoms with Crippen molar-refractivity contribution in [1.29, 1.82) is 0 Å². The molecule has 0 atom stereocenters. The summed E-state index contributed by atoms with van der Waals surface area (Å²) in [6.07, 6.45) is 3.34. The van der Waals surface area contributed by atoms with Gasteiger partial charge in [0.2, 0.25) is 0 Å². The van der Waals surface area contributed by atoms with Gasteiger partial charge in [-0.3, -0.25) is 4.98 Å². The number of aromatic carboxylic acids is 1. The molecule has 3 heterocycles. The predicted molar refractivity (Wildman–Crippen MR) is 68.8 cm³/mol. The SMILES string of the molecule is Cc1nc(-c2ccncc2)c2cc(C(=O)O)[nH]c2n1. The molecule has 0 aromatic carbocycles. The lowest BCUT2D eigenvalue weighted by molar-refractivity contribution is 0.0691. The maximum atomic E-state index is 11.0. The number of hydrogen-bond donors (Lipinski definition) is 2. The Balaban J connectivity index is 2.32. The highest BCUT2D eigenvalue weighted by Gasteiger charge is 2.14. The highest BCUT2D eigenvalue weighted by molar-refractivity contribution is 5.98. The van der Waals surface area contributed by atoms with Crippen LogP contribution in [0.5, 0.6) is 0 Å². The van der Waals surface area contributed by atoms with Crippen LogP contribution < -0.4 is 0 Å². The summed E-state index contributed by atoms with van der Waals surface area (Å²) in [5.41, 5.74) is 2.21.